The van der Waals surface area contributed by atoms with Gasteiger partial charge in [-0.2, -0.15) is 0 Å². The van der Waals surface area contributed by atoms with Crippen LogP contribution in [0.15, 0.2) is 24.3 Å². The van der Waals surface area contributed by atoms with E-state index in [0.717, 1.165) is 6.42 Å². The van der Waals surface area contributed by atoms with Gasteiger partial charge in [0.05, 0.1) is 7.11 Å². The van der Waals surface area contributed by atoms with Gasteiger partial charge in [0.2, 0.25) is 5.91 Å². The van der Waals surface area contributed by atoms with Crippen molar-refractivity contribution in [3.8, 4) is 5.75 Å². The minimum Gasteiger partial charge on any atom is -0.497 e. The van der Waals surface area contributed by atoms with E-state index in [0.29, 0.717) is 24.3 Å². The van der Waals surface area contributed by atoms with Gasteiger partial charge in [-0.05, 0) is 37.1 Å². The zero-order chi connectivity index (χ0) is 13.1. The molecule has 0 unspecified atom stereocenters. The van der Waals surface area contributed by atoms with Gasteiger partial charge in [0.25, 0.3) is 5.91 Å². The molecule has 96 valence electrons. The summed E-state index contributed by atoms with van der Waals surface area (Å²) < 4.78 is 5.03. The molecule has 0 saturated carbocycles. The van der Waals surface area contributed by atoms with Gasteiger partial charge in [-0.3, -0.25) is 9.59 Å². The van der Waals surface area contributed by atoms with Crippen LogP contribution in [0.25, 0.3) is 0 Å². The Morgan fingerprint density at radius 3 is 2.56 bits per heavy atom. The van der Waals surface area contributed by atoms with Crippen LogP contribution >= 0.6 is 0 Å². The lowest BCUT2D eigenvalue weighted by molar-refractivity contribution is -0.121. The van der Waals surface area contributed by atoms with Gasteiger partial charge < -0.3 is 15.4 Å². The average Bonchev–Trinajstić information content (AvgIpc) is 2.87. The number of carbonyl (C=O) groups is 2. The molecule has 2 amide bonds. The molecule has 0 aromatic heterocycles. The van der Waals surface area contributed by atoms with Crippen LogP contribution in [-0.4, -0.2) is 36.4 Å². The number of nitrogens with zero attached hydrogens (tertiary/aromatic N) is 1. The second-order valence-corrected chi connectivity index (χ2v) is 4.29. The molecule has 2 rings (SSSR count). The summed E-state index contributed by atoms with van der Waals surface area (Å²) in [6.45, 7) is 0.582. The third-order valence-corrected chi connectivity index (χ3v) is 3.18. The highest BCUT2D eigenvalue weighted by Crippen LogP contribution is 2.21. The molecule has 1 fully saturated rings. The van der Waals surface area contributed by atoms with Gasteiger partial charge >= 0.3 is 0 Å². The standard InChI is InChI=1S/C13H16N2O3/c1-18-10-6-4-9(5-7-10)13(17)15-8-2-3-11(15)12(14)16/h4-7,11H,2-3,8H2,1H3,(H2,14,16)/t11-/m0/s1. The minimum atomic E-state index is -0.473. The summed E-state index contributed by atoms with van der Waals surface area (Å²) in [5.74, 6) is 0.104. The summed E-state index contributed by atoms with van der Waals surface area (Å²) in [6, 6.07) is 6.36. The normalized spacial score (nSPS) is 18.7. The number of nitrogens with two attached hydrogens (primary N) is 1. The van der Waals surface area contributed by atoms with Gasteiger partial charge in [0, 0.05) is 12.1 Å². The van der Waals surface area contributed by atoms with Gasteiger partial charge in [0.15, 0.2) is 0 Å². The zero-order valence-electron chi connectivity index (χ0n) is 10.3. The number of carbonyl (C=O) groups excluding carboxylic acids is 2. The molecule has 1 aromatic carbocycles. The van der Waals surface area contributed by atoms with Gasteiger partial charge in [-0.15, -0.1) is 0 Å². The van der Waals surface area contributed by atoms with Crippen LogP contribution in [-0.2, 0) is 4.79 Å². The molecule has 5 nitrogen and oxygen atoms in total. The molecule has 2 N–H and O–H groups in total. The third-order valence-electron chi connectivity index (χ3n) is 3.18. The first-order valence-electron chi connectivity index (χ1n) is 5.88. The number of methoxy groups -OCH3 is 1. The second kappa shape index (κ2) is 5.08. The Balaban J connectivity index is 2.17. The number of ether oxygens (including phenoxy) is 1. The highest BCUT2D eigenvalue weighted by atomic mass is 16.5. The fourth-order valence-electron chi connectivity index (χ4n) is 2.21. The van der Waals surface area contributed by atoms with Crippen molar-refractivity contribution < 1.29 is 14.3 Å². The molecule has 0 radical (unpaired) electrons. The third kappa shape index (κ3) is 2.30. The van der Waals surface area contributed by atoms with E-state index in [1.165, 1.54) is 0 Å². The van der Waals surface area contributed by atoms with Gasteiger partial charge in [0.1, 0.15) is 11.8 Å². The molecule has 1 heterocycles. The average molecular weight is 248 g/mol. The molecule has 0 spiro atoms. The highest BCUT2D eigenvalue weighted by Gasteiger charge is 2.32. The molecule has 1 saturated heterocycles. The van der Waals surface area contributed by atoms with Crippen LogP contribution in [0.3, 0.4) is 0 Å². The van der Waals surface area contributed by atoms with Crippen LogP contribution in [0.2, 0.25) is 0 Å². The van der Waals surface area contributed by atoms with Crippen LogP contribution in [0.1, 0.15) is 23.2 Å². The van der Waals surface area contributed by atoms with Crippen molar-refractivity contribution in [2.75, 3.05) is 13.7 Å². The van der Waals surface area contributed by atoms with Gasteiger partial charge in [-0.25, -0.2) is 0 Å². The fraction of sp³-hybridized carbons (Fsp3) is 0.385. The Kier molecular flexibility index (Phi) is 3.50. The van der Waals surface area contributed by atoms with E-state index in [1.807, 2.05) is 0 Å². The lowest BCUT2D eigenvalue weighted by Gasteiger charge is -2.22. The van der Waals surface area contributed by atoms with Crippen molar-refractivity contribution in [3.05, 3.63) is 29.8 Å². The van der Waals surface area contributed by atoms with E-state index in [1.54, 1.807) is 36.3 Å². The summed E-state index contributed by atoms with van der Waals surface area (Å²) in [5.41, 5.74) is 5.84. The first kappa shape index (κ1) is 12.4. The number of primary amides is 1. The van der Waals surface area contributed by atoms with E-state index in [4.69, 9.17) is 10.5 Å². The lowest BCUT2D eigenvalue weighted by Crippen LogP contribution is -2.43. The van der Waals surface area contributed by atoms with E-state index in [2.05, 4.69) is 0 Å². The molecule has 18 heavy (non-hydrogen) atoms. The monoisotopic (exact) mass is 248 g/mol. The van der Waals surface area contributed by atoms with Crippen LogP contribution in [0.4, 0.5) is 0 Å². The van der Waals surface area contributed by atoms with E-state index < -0.39 is 11.9 Å². The minimum absolute atomic E-state index is 0.154. The summed E-state index contributed by atoms with van der Waals surface area (Å²) >= 11 is 0. The topological polar surface area (TPSA) is 72.6 Å². The maximum absolute atomic E-state index is 12.2. The predicted octanol–water partition coefficient (Wildman–Crippen LogP) is 0.785. The predicted molar refractivity (Wildman–Crippen MR) is 66.2 cm³/mol. The molecule has 1 atom stereocenters. The number of rotatable bonds is 3. The molecule has 1 aromatic rings. The van der Waals surface area contributed by atoms with Gasteiger partial charge in [-0.1, -0.05) is 0 Å². The van der Waals surface area contributed by atoms with Crippen LogP contribution in [0, 0.1) is 0 Å². The summed E-state index contributed by atoms with van der Waals surface area (Å²) in [7, 11) is 1.57. The van der Waals surface area contributed by atoms with Crippen molar-refractivity contribution in [2.24, 2.45) is 5.73 Å². The molecule has 1 aliphatic rings. The quantitative estimate of drug-likeness (QED) is 0.859. The summed E-state index contributed by atoms with van der Waals surface area (Å²) in [6.07, 6.45) is 1.47. The number of hydrogen-bond acceptors (Lipinski definition) is 3. The second-order valence-electron chi connectivity index (χ2n) is 4.29. The number of hydrogen-bond donors (Lipinski definition) is 1. The molecular formula is C13H16N2O3. The Hall–Kier alpha value is -2.04. The van der Waals surface area contributed by atoms with Crippen LogP contribution in [0.5, 0.6) is 5.75 Å². The largest absolute Gasteiger partial charge is 0.497 e. The van der Waals surface area contributed by atoms with Crippen LogP contribution < -0.4 is 10.5 Å². The fourth-order valence-corrected chi connectivity index (χ4v) is 2.21. The van der Waals surface area contributed by atoms with E-state index in [9.17, 15) is 9.59 Å². The van der Waals surface area contributed by atoms with Crippen molar-refractivity contribution >= 4 is 11.8 Å². The number of likely N-dealkylation sites (tertiary alicyclic amines) is 1. The maximum atomic E-state index is 12.2. The molecule has 0 aliphatic carbocycles. The number of benzene rings is 1. The number of amides is 2. The molecule has 1 aliphatic heterocycles. The first-order chi connectivity index (χ1) is 8.63. The van der Waals surface area contributed by atoms with Crippen molar-refractivity contribution in [3.63, 3.8) is 0 Å². The van der Waals surface area contributed by atoms with Crippen molar-refractivity contribution in [2.45, 2.75) is 18.9 Å². The Labute approximate surface area is 106 Å². The Bertz CT molecular complexity index is 456. The Morgan fingerprint density at radius 2 is 2.00 bits per heavy atom. The summed E-state index contributed by atoms with van der Waals surface area (Å²) in [5, 5.41) is 0. The smallest absolute Gasteiger partial charge is 0.254 e. The molecular weight excluding hydrogens is 232 g/mol. The first-order valence-corrected chi connectivity index (χ1v) is 5.88. The summed E-state index contributed by atoms with van der Waals surface area (Å²) in [4.78, 5) is 25.0. The molecule has 0 bridgehead atoms. The van der Waals surface area contributed by atoms with Crippen molar-refractivity contribution in [1.29, 1.82) is 0 Å². The molecule has 5 heteroatoms. The zero-order valence-corrected chi connectivity index (χ0v) is 10.3. The lowest BCUT2D eigenvalue weighted by atomic mass is 10.1. The van der Waals surface area contributed by atoms with E-state index >= 15 is 0 Å². The maximum Gasteiger partial charge on any atom is 0.254 e. The van der Waals surface area contributed by atoms with Crippen molar-refractivity contribution in [1.82, 2.24) is 4.90 Å². The Morgan fingerprint density at radius 1 is 1.33 bits per heavy atom. The SMILES string of the molecule is COc1ccc(C(=O)N2CCC[C@H]2C(N)=O)cc1. The van der Waals surface area contributed by atoms with E-state index in [-0.39, 0.29) is 5.91 Å². The highest BCUT2D eigenvalue weighted by molar-refractivity contribution is 5.97.